The van der Waals surface area contributed by atoms with Crippen LogP contribution in [0.3, 0.4) is 0 Å². The Bertz CT molecular complexity index is 873. The van der Waals surface area contributed by atoms with Crippen molar-refractivity contribution in [1.82, 2.24) is 15.6 Å². The molecule has 0 radical (unpaired) electrons. The molecule has 0 unspecified atom stereocenters. The molecule has 8 heteroatoms. The first-order valence-electron chi connectivity index (χ1n) is 8.65. The molecule has 0 fully saturated rings. The number of guanidine groups is 1. The summed E-state index contributed by atoms with van der Waals surface area (Å²) in [5.74, 6) is 1.63. The molecule has 148 valence electrons. The molecular weight excluding hydrogens is 474 g/mol. The molecule has 0 atom stereocenters. The van der Waals surface area contributed by atoms with Crippen molar-refractivity contribution in [2.75, 3.05) is 6.54 Å². The summed E-state index contributed by atoms with van der Waals surface area (Å²) >= 11 is 0. The van der Waals surface area contributed by atoms with Gasteiger partial charge in [0.25, 0.3) is 0 Å². The number of aromatic nitrogens is 1. The second kappa shape index (κ2) is 11.3. The Morgan fingerprint density at radius 1 is 1.21 bits per heavy atom. The third-order valence-corrected chi connectivity index (χ3v) is 3.63. The van der Waals surface area contributed by atoms with Gasteiger partial charge in [0.05, 0.1) is 25.5 Å². The Hall–Kier alpha value is -2.62. The van der Waals surface area contributed by atoms with Gasteiger partial charge in [0.15, 0.2) is 17.5 Å². The van der Waals surface area contributed by atoms with E-state index in [0.29, 0.717) is 24.8 Å². The third-order valence-electron chi connectivity index (χ3n) is 3.63. The topological polar surface area (TPSA) is 71.7 Å². The second-order valence-corrected chi connectivity index (χ2v) is 5.68. The lowest BCUT2D eigenvalue weighted by Crippen LogP contribution is -2.36. The highest BCUT2D eigenvalue weighted by atomic mass is 127. The molecule has 0 aliphatic heterocycles. The van der Waals surface area contributed by atoms with Crippen molar-refractivity contribution < 1.29 is 13.5 Å². The minimum absolute atomic E-state index is 0. The van der Waals surface area contributed by atoms with E-state index in [2.05, 4.69) is 20.6 Å². The third kappa shape index (κ3) is 6.52. The molecule has 28 heavy (non-hydrogen) atoms. The van der Waals surface area contributed by atoms with Gasteiger partial charge < -0.3 is 19.8 Å². The average molecular weight is 496 g/mol. The van der Waals surface area contributed by atoms with Crippen molar-refractivity contribution in [3.8, 4) is 11.5 Å². The number of halogens is 2. The molecule has 3 aromatic rings. The van der Waals surface area contributed by atoms with Crippen LogP contribution in [0.5, 0.6) is 11.5 Å². The Kier molecular flexibility index (Phi) is 8.73. The van der Waals surface area contributed by atoms with Crippen LogP contribution in [0.1, 0.15) is 18.2 Å². The maximum atomic E-state index is 14.3. The molecule has 0 amide bonds. The van der Waals surface area contributed by atoms with Gasteiger partial charge in [-0.25, -0.2) is 9.38 Å². The van der Waals surface area contributed by atoms with E-state index in [1.165, 1.54) is 12.3 Å². The Morgan fingerprint density at radius 2 is 2.11 bits per heavy atom. The molecule has 0 aliphatic rings. The van der Waals surface area contributed by atoms with E-state index in [1.54, 1.807) is 36.7 Å². The molecule has 0 aliphatic carbocycles. The highest BCUT2D eigenvalue weighted by Gasteiger charge is 2.07. The maximum Gasteiger partial charge on any atom is 0.191 e. The predicted molar refractivity (Wildman–Crippen MR) is 116 cm³/mol. The smallest absolute Gasteiger partial charge is 0.191 e. The van der Waals surface area contributed by atoms with Crippen LogP contribution in [0.4, 0.5) is 4.39 Å². The monoisotopic (exact) mass is 496 g/mol. The zero-order chi connectivity index (χ0) is 18.9. The molecule has 2 aromatic heterocycles. The van der Waals surface area contributed by atoms with Gasteiger partial charge in [-0.15, -0.1) is 24.0 Å². The van der Waals surface area contributed by atoms with E-state index in [9.17, 15) is 4.39 Å². The number of nitrogens with zero attached hydrogens (tertiary/aromatic N) is 2. The van der Waals surface area contributed by atoms with Crippen molar-refractivity contribution in [3.05, 3.63) is 78.3 Å². The number of hydrogen-bond acceptors (Lipinski definition) is 4. The lowest BCUT2D eigenvalue weighted by Gasteiger charge is -2.11. The molecule has 0 saturated carbocycles. The number of hydrogen-bond donors (Lipinski definition) is 2. The molecule has 2 N–H and O–H groups in total. The van der Waals surface area contributed by atoms with E-state index in [1.807, 2.05) is 19.1 Å². The van der Waals surface area contributed by atoms with Crippen LogP contribution in [-0.4, -0.2) is 17.5 Å². The first-order valence-corrected chi connectivity index (χ1v) is 8.65. The normalized spacial score (nSPS) is 10.9. The SMILES string of the molecule is CCNC(=NCc1ccc(Oc2cccnc2)c(F)c1)NCc1ccco1.I. The van der Waals surface area contributed by atoms with E-state index in [-0.39, 0.29) is 29.7 Å². The second-order valence-electron chi connectivity index (χ2n) is 5.68. The van der Waals surface area contributed by atoms with Crippen molar-refractivity contribution in [2.24, 2.45) is 4.99 Å². The summed E-state index contributed by atoms with van der Waals surface area (Å²) in [6.07, 6.45) is 4.79. The number of benzene rings is 1. The first-order chi connectivity index (χ1) is 13.2. The Balaban J connectivity index is 0.00000280. The number of rotatable bonds is 7. The molecule has 0 bridgehead atoms. The summed E-state index contributed by atoms with van der Waals surface area (Å²) in [7, 11) is 0. The molecule has 6 nitrogen and oxygen atoms in total. The first kappa shape index (κ1) is 21.7. The number of furan rings is 1. The Labute approximate surface area is 180 Å². The maximum absolute atomic E-state index is 14.3. The molecule has 2 heterocycles. The van der Waals surface area contributed by atoms with Crippen molar-refractivity contribution in [1.29, 1.82) is 0 Å². The summed E-state index contributed by atoms with van der Waals surface area (Å²) in [6.45, 7) is 3.55. The summed E-state index contributed by atoms with van der Waals surface area (Å²) < 4.78 is 25.1. The summed E-state index contributed by atoms with van der Waals surface area (Å²) in [5, 5.41) is 6.32. The number of pyridine rings is 1. The highest BCUT2D eigenvalue weighted by Crippen LogP contribution is 2.24. The lowest BCUT2D eigenvalue weighted by molar-refractivity contribution is 0.440. The van der Waals surface area contributed by atoms with Crippen molar-refractivity contribution in [2.45, 2.75) is 20.0 Å². The molecule has 3 rings (SSSR count). The molecule has 1 aromatic carbocycles. The van der Waals surface area contributed by atoms with Gasteiger partial charge in [0, 0.05) is 12.7 Å². The van der Waals surface area contributed by atoms with Gasteiger partial charge in [0.1, 0.15) is 11.5 Å². The van der Waals surface area contributed by atoms with Crippen LogP contribution < -0.4 is 15.4 Å². The summed E-state index contributed by atoms with van der Waals surface area (Å²) in [4.78, 5) is 8.42. The van der Waals surface area contributed by atoms with Gasteiger partial charge in [-0.05, 0) is 48.9 Å². The van der Waals surface area contributed by atoms with E-state index >= 15 is 0 Å². The molecule has 0 saturated heterocycles. The van der Waals surface area contributed by atoms with Crippen LogP contribution in [0, 0.1) is 5.82 Å². The largest absolute Gasteiger partial charge is 0.467 e. The standard InChI is InChI=1S/C20H21FN4O2.HI/c1-2-23-20(25-14-16-6-4-10-26-16)24-12-15-7-8-19(18(21)11-15)27-17-5-3-9-22-13-17;/h3-11,13H,2,12,14H2,1H3,(H2,23,24,25);1H. The van der Waals surface area contributed by atoms with Gasteiger partial charge in [0.2, 0.25) is 0 Å². The van der Waals surface area contributed by atoms with Crippen molar-refractivity contribution >= 4 is 29.9 Å². The Morgan fingerprint density at radius 3 is 2.79 bits per heavy atom. The fraction of sp³-hybridized carbons (Fsp3) is 0.200. The highest BCUT2D eigenvalue weighted by molar-refractivity contribution is 14.0. The minimum atomic E-state index is -0.444. The minimum Gasteiger partial charge on any atom is -0.467 e. The fourth-order valence-corrected chi connectivity index (χ4v) is 2.36. The van der Waals surface area contributed by atoms with Gasteiger partial charge in [-0.2, -0.15) is 0 Å². The quantitative estimate of drug-likeness (QED) is 0.287. The van der Waals surface area contributed by atoms with Gasteiger partial charge in [-0.1, -0.05) is 6.07 Å². The van der Waals surface area contributed by atoms with E-state index in [0.717, 1.165) is 17.9 Å². The van der Waals surface area contributed by atoms with E-state index in [4.69, 9.17) is 9.15 Å². The number of ether oxygens (including phenoxy) is 1. The number of aliphatic imine (C=N–C) groups is 1. The van der Waals surface area contributed by atoms with Crippen LogP contribution >= 0.6 is 24.0 Å². The van der Waals surface area contributed by atoms with Crippen LogP contribution in [0.25, 0.3) is 0 Å². The predicted octanol–water partition coefficient (Wildman–Crippen LogP) is 4.48. The molecular formula is C20H22FIN4O2. The molecule has 0 spiro atoms. The zero-order valence-corrected chi connectivity index (χ0v) is 17.7. The van der Waals surface area contributed by atoms with Crippen LogP contribution in [0.15, 0.2) is 70.5 Å². The van der Waals surface area contributed by atoms with Gasteiger partial charge >= 0.3 is 0 Å². The summed E-state index contributed by atoms with van der Waals surface area (Å²) in [5.41, 5.74) is 0.737. The summed E-state index contributed by atoms with van der Waals surface area (Å²) in [6, 6.07) is 12.0. The number of nitrogens with one attached hydrogen (secondary N) is 2. The average Bonchev–Trinajstić information content (AvgIpc) is 3.20. The van der Waals surface area contributed by atoms with Crippen molar-refractivity contribution in [3.63, 3.8) is 0 Å². The van der Waals surface area contributed by atoms with Crippen LogP contribution in [0.2, 0.25) is 0 Å². The van der Waals surface area contributed by atoms with Crippen LogP contribution in [-0.2, 0) is 13.1 Å². The lowest BCUT2D eigenvalue weighted by atomic mass is 10.2. The zero-order valence-electron chi connectivity index (χ0n) is 15.4. The van der Waals surface area contributed by atoms with E-state index < -0.39 is 5.82 Å². The fourth-order valence-electron chi connectivity index (χ4n) is 2.36. The van der Waals surface area contributed by atoms with Gasteiger partial charge in [-0.3, -0.25) is 4.98 Å².